The van der Waals surface area contributed by atoms with Gasteiger partial charge < -0.3 is 10.4 Å². The van der Waals surface area contributed by atoms with E-state index >= 15 is 0 Å². The Labute approximate surface area is 81.6 Å². The topological polar surface area (TPSA) is 32.3 Å². The molecule has 0 saturated heterocycles. The summed E-state index contributed by atoms with van der Waals surface area (Å²) < 4.78 is 25.5. The average molecular weight is 201 g/mol. The van der Waals surface area contributed by atoms with Gasteiger partial charge in [-0.3, -0.25) is 0 Å². The molecule has 2 N–H and O–H groups in total. The Morgan fingerprint density at radius 1 is 1.21 bits per heavy atom. The zero-order chi connectivity index (χ0) is 10.4. The van der Waals surface area contributed by atoms with Gasteiger partial charge in [-0.05, 0) is 25.0 Å². The van der Waals surface area contributed by atoms with Crippen molar-refractivity contribution in [3.05, 3.63) is 29.8 Å². The number of aliphatic hydroxyl groups is 1. The highest BCUT2D eigenvalue weighted by atomic mass is 19.1. The molecule has 4 heteroatoms. The Bertz CT molecular complexity index is 291. The van der Waals surface area contributed by atoms with Crippen molar-refractivity contribution in [2.45, 2.75) is 12.8 Å². The minimum absolute atomic E-state index is 0.133. The van der Waals surface area contributed by atoms with Crippen molar-refractivity contribution in [1.82, 2.24) is 0 Å². The zero-order valence-corrected chi connectivity index (χ0v) is 7.76. The number of hydrogen-bond acceptors (Lipinski definition) is 2. The summed E-state index contributed by atoms with van der Waals surface area (Å²) in [4.78, 5) is 0. The Morgan fingerprint density at radius 2 is 2.00 bits per heavy atom. The maximum atomic E-state index is 13.0. The standard InChI is InChI=1S/C10H13F2NO/c11-8-3-4-10(9(12)7-8)13-5-1-2-6-14/h3-4,7,13-14H,1-2,5-6H2. The van der Waals surface area contributed by atoms with Gasteiger partial charge in [-0.1, -0.05) is 0 Å². The lowest BCUT2D eigenvalue weighted by molar-refractivity contribution is 0.286. The van der Waals surface area contributed by atoms with Crippen LogP contribution in [0.4, 0.5) is 14.5 Å². The second kappa shape index (κ2) is 5.54. The maximum absolute atomic E-state index is 13.0. The van der Waals surface area contributed by atoms with Crippen LogP contribution >= 0.6 is 0 Å². The summed E-state index contributed by atoms with van der Waals surface area (Å²) in [6.07, 6.45) is 1.43. The molecule has 0 spiro atoms. The molecule has 1 aromatic rings. The first-order chi connectivity index (χ1) is 6.74. The highest BCUT2D eigenvalue weighted by Crippen LogP contribution is 2.14. The van der Waals surface area contributed by atoms with Gasteiger partial charge in [0.1, 0.15) is 11.6 Å². The van der Waals surface area contributed by atoms with Crippen LogP contribution in [0.1, 0.15) is 12.8 Å². The molecule has 14 heavy (non-hydrogen) atoms. The molecule has 1 rings (SSSR count). The lowest BCUT2D eigenvalue weighted by atomic mass is 10.2. The number of rotatable bonds is 5. The average Bonchev–Trinajstić information content (AvgIpc) is 2.15. The summed E-state index contributed by atoms with van der Waals surface area (Å²) in [5.74, 6) is -1.17. The van der Waals surface area contributed by atoms with Crippen molar-refractivity contribution in [1.29, 1.82) is 0 Å². The lowest BCUT2D eigenvalue weighted by Gasteiger charge is -2.06. The molecule has 0 radical (unpaired) electrons. The van der Waals surface area contributed by atoms with Crippen molar-refractivity contribution in [2.24, 2.45) is 0 Å². The zero-order valence-electron chi connectivity index (χ0n) is 7.76. The fourth-order valence-electron chi connectivity index (χ4n) is 1.09. The lowest BCUT2D eigenvalue weighted by Crippen LogP contribution is -2.04. The van der Waals surface area contributed by atoms with Crippen molar-refractivity contribution >= 4 is 5.69 Å². The van der Waals surface area contributed by atoms with E-state index in [1.54, 1.807) is 0 Å². The van der Waals surface area contributed by atoms with Gasteiger partial charge >= 0.3 is 0 Å². The number of benzene rings is 1. The summed E-state index contributed by atoms with van der Waals surface area (Å²) in [6.45, 7) is 0.705. The van der Waals surface area contributed by atoms with Crippen LogP contribution in [0.15, 0.2) is 18.2 Å². The van der Waals surface area contributed by atoms with Gasteiger partial charge in [0.2, 0.25) is 0 Å². The normalized spacial score (nSPS) is 10.2. The summed E-state index contributed by atoms with van der Waals surface area (Å²) in [5, 5.41) is 11.3. The summed E-state index contributed by atoms with van der Waals surface area (Å²) in [6, 6.07) is 3.41. The third-order valence-corrected chi connectivity index (χ3v) is 1.83. The van der Waals surface area contributed by atoms with E-state index in [0.717, 1.165) is 12.5 Å². The Balaban J connectivity index is 2.42. The van der Waals surface area contributed by atoms with Crippen LogP contribution in [0.25, 0.3) is 0 Å². The van der Waals surface area contributed by atoms with E-state index in [4.69, 9.17) is 5.11 Å². The van der Waals surface area contributed by atoms with E-state index in [2.05, 4.69) is 5.32 Å². The van der Waals surface area contributed by atoms with Gasteiger partial charge in [0.15, 0.2) is 0 Å². The number of unbranched alkanes of at least 4 members (excludes halogenated alkanes) is 1. The molecule has 0 aliphatic heterocycles. The third kappa shape index (κ3) is 3.30. The molecule has 0 aliphatic rings. The minimum atomic E-state index is -0.589. The molecule has 0 aliphatic carbocycles. The van der Waals surface area contributed by atoms with Crippen LogP contribution < -0.4 is 5.32 Å². The molecular weight excluding hydrogens is 188 g/mol. The second-order valence-corrected chi connectivity index (χ2v) is 2.98. The van der Waals surface area contributed by atoms with E-state index in [1.807, 2.05) is 0 Å². The molecule has 0 atom stereocenters. The van der Waals surface area contributed by atoms with Crippen LogP contribution in [-0.2, 0) is 0 Å². The van der Waals surface area contributed by atoms with Crippen molar-refractivity contribution in [3.63, 3.8) is 0 Å². The minimum Gasteiger partial charge on any atom is -0.396 e. The summed E-state index contributed by atoms with van der Waals surface area (Å²) >= 11 is 0. The largest absolute Gasteiger partial charge is 0.396 e. The molecule has 0 fully saturated rings. The fourth-order valence-corrected chi connectivity index (χ4v) is 1.09. The van der Waals surface area contributed by atoms with Gasteiger partial charge in [-0.25, -0.2) is 8.78 Å². The fraction of sp³-hybridized carbons (Fsp3) is 0.400. The predicted octanol–water partition coefficient (Wildman–Crippen LogP) is 2.15. The quantitative estimate of drug-likeness (QED) is 0.715. The number of aliphatic hydroxyl groups excluding tert-OH is 1. The van der Waals surface area contributed by atoms with E-state index in [1.165, 1.54) is 12.1 Å². The Morgan fingerprint density at radius 3 is 2.64 bits per heavy atom. The maximum Gasteiger partial charge on any atom is 0.149 e. The molecule has 2 nitrogen and oxygen atoms in total. The summed E-state index contributed by atoms with van der Waals surface area (Å²) in [7, 11) is 0. The number of halogens is 2. The molecule has 0 saturated carbocycles. The number of hydrogen-bond donors (Lipinski definition) is 2. The smallest absolute Gasteiger partial charge is 0.149 e. The van der Waals surface area contributed by atoms with Gasteiger partial charge in [-0.2, -0.15) is 0 Å². The van der Waals surface area contributed by atoms with Gasteiger partial charge in [0.25, 0.3) is 0 Å². The monoisotopic (exact) mass is 201 g/mol. The molecule has 0 bridgehead atoms. The Kier molecular flexibility index (Phi) is 4.32. The third-order valence-electron chi connectivity index (χ3n) is 1.83. The molecular formula is C10H13F2NO. The van der Waals surface area contributed by atoms with Crippen molar-refractivity contribution in [2.75, 3.05) is 18.5 Å². The highest BCUT2D eigenvalue weighted by Gasteiger charge is 2.01. The van der Waals surface area contributed by atoms with Crippen LogP contribution in [0.5, 0.6) is 0 Å². The van der Waals surface area contributed by atoms with Crippen LogP contribution in [-0.4, -0.2) is 18.3 Å². The number of anilines is 1. The van der Waals surface area contributed by atoms with Gasteiger partial charge in [0, 0.05) is 19.2 Å². The van der Waals surface area contributed by atoms with Gasteiger partial charge in [0.05, 0.1) is 5.69 Å². The van der Waals surface area contributed by atoms with E-state index < -0.39 is 11.6 Å². The van der Waals surface area contributed by atoms with Crippen LogP contribution in [0.3, 0.4) is 0 Å². The predicted molar refractivity (Wildman–Crippen MR) is 51.2 cm³/mol. The molecule has 0 amide bonds. The first-order valence-electron chi connectivity index (χ1n) is 4.54. The molecule has 0 heterocycles. The molecule has 0 aromatic heterocycles. The highest BCUT2D eigenvalue weighted by molar-refractivity contribution is 5.44. The first-order valence-corrected chi connectivity index (χ1v) is 4.54. The Hall–Kier alpha value is -1.16. The van der Waals surface area contributed by atoms with Gasteiger partial charge in [-0.15, -0.1) is 0 Å². The van der Waals surface area contributed by atoms with E-state index in [9.17, 15) is 8.78 Å². The van der Waals surface area contributed by atoms with E-state index in [-0.39, 0.29) is 6.61 Å². The first kappa shape index (κ1) is 10.9. The molecule has 0 unspecified atom stereocenters. The second-order valence-electron chi connectivity index (χ2n) is 2.98. The summed E-state index contributed by atoms with van der Waals surface area (Å²) in [5.41, 5.74) is 0.296. The van der Waals surface area contributed by atoms with Crippen LogP contribution in [0.2, 0.25) is 0 Å². The van der Waals surface area contributed by atoms with Crippen molar-refractivity contribution in [3.8, 4) is 0 Å². The molecule has 78 valence electrons. The van der Waals surface area contributed by atoms with Crippen molar-refractivity contribution < 1.29 is 13.9 Å². The SMILES string of the molecule is OCCCCNc1ccc(F)cc1F. The number of nitrogens with one attached hydrogen (secondary N) is 1. The van der Waals surface area contributed by atoms with Crippen LogP contribution in [0, 0.1) is 11.6 Å². The molecule has 1 aromatic carbocycles. The van der Waals surface area contributed by atoms with E-state index in [0.29, 0.717) is 18.7 Å².